The summed E-state index contributed by atoms with van der Waals surface area (Å²) >= 11 is 0. The first-order valence-corrected chi connectivity index (χ1v) is 8.70. The molecule has 0 saturated carbocycles. The summed E-state index contributed by atoms with van der Waals surface area (Å²) in [5.41, 5.74) is 2.63. The van der Waals surface area contributed by atoms with E-state index >= 15 is 0 Å². The molecule has 1 fully saturated rings. The predicted molar refractivity (Wildman–Crippen MR) is 79.2 cm³/mol. The summed E-state index contributed by atoms with van der Waals surface area (Å²) in [6.45, 7) is 4.83. The normalized spacial score (nSPS) is 23.4. The largest absolute Gasteiger partial charge is 0.313 e. The summed E-state index contributed by atoms with van der Waals surface area (Å²) < 4.78 is 23.5. The van der Waals surface area contributed by atoms with Gasteiger partial charge in [0, 0.05) is 12.6 Å². The lowest BCUT2D eigenvalue weighted by atomic mass is 10.0. The zero-order valence-corrected chi connectivity index (χ0v) is 12.5. The molecule has 0 bridgehead atoms. The summed E-state index contributed by atoms with van der Waals surface area (Å²) in [6, 6.07) is 8.65. The molecule has 1 aromatic rings. The third kappa shape index (κ3) is 3.80. The van der Waals surface area contributed by atoms with Crippen molar-refractivity contribution >= 4 is 9.84 Å². The molecule has 1 N–H and O–H groups in total. The molecule has 0 spiro atoms. The summed E-state index contributed by atoms with van der Waals surface area (Å²) in [7, 11) is -2.83. The third-order valence-corrected chi connectivity index (χ3v) is 6.22. The second kappa shape index (κ2) is 6.06. The highest BCUT2D eigenvalue weighted by Crippen LogP contribution is 2.19. The van der Waals surface area contributed by atoms with Crippen LogP contribution in [0.4, 0.5) is 0 Å². The molecule has 1 aliphatic heterocycles. The molecule has 0 aliphatic carbocycles. The van der Waals surface area contributed by atoms with E-state index in [1.807, 2.05) is 6.07 Å². The van der Waals surface area contributed by atoms with Crippen molar-refractivity contribution in [2.24, 2.45) is 0 Å². The van der Waals surface area contributed by atoms with Gasteiger partial charge in [0.2, 0.25) is 0 Å². The Morgan fingerprint density at radius 2 is 2.11 bits per heavy atom. The van der Waals surface area contributed by atoms with Crippen molar-refractivity contribution in [1.82, 2.24) is 5.32 Å². The lowest BCUT2D eigenvalue weighted by Crippen LogP contribution is -2.37. The van der Waals surface area contributed by atoms with E-state index in [0.717, 1.165) is 19.3 Å². The molecule has 3 nitrogen and oxygen atoms in total. The second-order valence-corrected chi connectivity index (χ2v) is 7.97. The summed E-state index contributed by atoms with van der Waals surface area (Å²) in [4.78, 5) is 0. The minimum absolute atomic E-state index is 0.174. The fourth-order valence-corrected chi connectivity index (χ4v) is 4.44. The average molecular weight is 281 g/mol. The van der Waals surface area contributed by atoms with Crippen molar-refractivity contribution in [1.29, 1.82) is 0 Å². The number of aryl methyl sites for hydroxylation is 1. The van der Waals surface area contributed by atoms with Crippen molar-refractivity contribution in [3.05, 3.63) is 35.4 Å². The molecule has 2 atom stereocenters. The molecule has 1 aromatic carbocycles. The second-order valence-electron chi connectivity index (χ2n) is 5.57. The predicted octanol–water partition coefficient (Wildman–Crippen LogP) is 2.09. The van der Waals surface area contributed by atoms with Crippen LogP contribution in [0, 0.1) is 6.92 Å². The van der Waals surface area contributed by atoms with Gasteiger partial charge in [-0.1, -0.05) is 24.3 Å². The van der Waals surface area contributed by atoms with Gasteiger partial charge in [-0.15, -0.1) is 0 Å². The third-order valence-electron chi connectivity index (χ3n) is 3.94. The molecule has 106 valence electrons. The fraction of sp³-hybridized carbons (Fsp3) is 0.600. The first-order valence-electron chi connectivity index (χ1n) is 6.98. The van der Waals surface area contributed by atoms with Gasteiger partial charge in [-0.3, -0.25) is 0 Å². The smallest absolute Gasteiger partial charge is 0.154 e. The SMILES string of the molecule is Cc1ccccc1CC(C)NCC1CCCS1(=O)=O. The maximum Gasteiger partial charge on any atom is 0.154 e. The van der Waals surface area contributed by atoms with E-state index in [9.17, 15) is 8.42 Å². The molecule has 1 aliphatic rings. The highest BCUT2D eigenvalue weighted by Gasteiger charge is 2.30. The van der Waals surface area contributed by atoms with E-state index in [1.54, 1.807) is 0 Å². The first-order chi connectivity index (χ1) is 8.99. The number of hydrogen-bond acceptors (Lipinski definition) is 3. The van der Waals surface area contributed by atoms with Crippen LogP contribution in [0.5, 0.6) is 0 Å². The van der Waals surface area contributed by atoms with Crippen LogP contribution in [0.25, 0.3) is 0 Å². The van der Waals surface area contributed by atoms with Crippen LogP contribution in [0.1, 0.15) is 30.9 Å². The molecule has 0 aromatic heterocycles. The van der Waals surface area contributed by atoms with Crippen LogP contribution in [-0.2, 0) is 16.3 Å². The van der Waals surface area contributed by atoms with Crippen molar-refractivity contribution in [3.63, 3.8) is 0 Å². The van der Waals surface area contributed by atoms with Gasteiger partial charge in [0.05, 0.1) is 11.0 Å². The van der Waals surface area contributed by atoms with Gasteiger partial charge >= 0.3 is 0 Å². The first kappa shape index (κ1) is 14.5. The molecular weight excluding hydrogens is 258 g/mol. The van der Waals surface area contributed by atoms with Crippen LogP contribution in [0.15, 0.2) is 24.3 Å². The molecule has 0 amide bonds. The Kier molecular flexibility index (Phi) is 4.63. The molecule has 2 unspecified atom stereocenters. The Balaban J connectivity index is 1.85. The molecule has 19 heavy (non-hydrogen) atoms. The van der Waals surface area contributed by atoms with Crippen molar-refractivity contribution < 1.29 is 8.42 Å². The van der Waals surface area contributed by atoms with E-state index < -0.39 is 9.84 Å². The van der Waals surface area contributed by atoms with Crippen LogP contribution in [0.3, 0.4) is 0 Å². The van der Waals surface area contributed by atoms with Gasteiger partial charge in [-0.2, -0.15) is 0 Å². The van der Waals surface area contributed by atoms with E-state index in [0.29, 0.717) is 18.3 Å². The van der Waals surface area contributed by atoms with Gasteiger partial charge in [-0.05, 0) is 44.2 Å². The Morgan fingerprint density at radius 1 is 1.37 bits per heavy atom. The summed E-state index contributed by atoms with van der Waals surface area (Å²) in [6.07, 6.45) is 2.58. The van der Waals surface area contributed by atoms with Gasteiger partial charge < -0.3 is 5.32 Å². The highest BCUT2D eigenvalue weighted by atomic mass is 32.2. The van der Waals surface area contributed by atoms with Crippen LogP contribution in [0.2, 0.25) is 0 Å². The number of sulfone groups is 1. The Hall–Kier alpha value is -0.870. The van der Waals surface area contributed by atoms with Crippen LogP contribution >= 0.6 is 0 Å². The van der Waals surface area contributed by atoms with Crippen molar-refractivity contribution in [2.45, 2.75) is 44.4 Å². The highest BCUT2D eigenvalue weighted by molar-refractivity contribution is 7.92. The molecule has 1 heterocycles. The monoisotopic (exact) mass is 281 g/mol. The van der Waals surface area contributed by atoms with E-state index in [4.69, 9.17) is 0 Å². The van der Waals surface area contributed by atoms with Gasteiger partial charge in [0.1, 0.15) is 0 Å². The average Bonchev–Trinajstić information content (AvgIpc) is 2.69. The maximum absolute atomic E-state index is 11.7. The molecule has 2 rings (SSSR count). The van der Waals surface area contributed by atoms with E-state index in [-0.39, 0.29) is 5.25 Å². The van der Waals surface area contributed by atoms with Crippen molar-refractivity contribution in [3.8, 4) is 0 Å². The molecule has 1 saturated heterocycles. The number of rotatable bonds is 5. The zero-order chi connectivity index (χ0) is 13.9. The van der Waals surface area contributed by atoms with E-state index in [2.05, 4.69) is 37.4 Å². The number of benzene rings is 1. The lowest BCUT2D eigenvalue weighted by molar-refractivity contribution is 0.521. The van der Waals surface area contributed by atoms with Gasteiger partial charge in [0.15, 0.2) is 9.84 Å². The summed E-state index contributed by atoms with van der Waals surface area (Å²) in [5, 5.41) is 3.20. The Morgan fingerprint density at radius 3 is 2.74 bits per heavy atom. The van der Waals surface area contributed by atoms with Crippen LogP contribution in [-0.4, -0.2) is 32.0 Å². The molecule has 4 heteroatoms. The fourth-order valence-electron chi connectivity index (χ4n) is 2.66. The van der Waals surface area contributed by atoms with Crippen LogP contribution < -0.4 is 5.32 Å². The molecule has 0 radical (unpaired) electrons. The van der Waals surface area contributed by atoms with Gasteiger partial charge in [0.25, 0.3) is 0 Å². The topological polar surface area (TPSA) is 46.2 Å². The Bertz CT molecular complexity index is 525. The van der Waals surface area contributed by atoms with Gasteiger partial charge in [-0.25, -0.2) is 8.42 Å². The molecular formula is C15H23NO2S. The van der Waals surface area contributed by atoms with Crippen molar-refractivity contribution in [2.75, 3.05) is 12.3 Å². The summed E-state index contributed by atoms with van der Waals surface area (Å²) in [5.74, 6) is 0.367. The van der Waals surface area contributed by atoms with E-state index in [1.165, 1.54) is 11.1 Å². The minimum Gasteiger partial charge on any atom is -0.313 e. The quantitative estimate of drug-likeness (QED) is 0.899. The zero-order valence-electron chi connectivity index (χ0n) is 11.7. The Labute approximate surface area is 116 Å². The maximum atomic E-state index is 11.7. The minimum atomic E-state index is -2.83. The lowest BCUT2D eigenvalue weighted by Gasteiger charge is -2.18. The standard InChI is InChI=1S/C15H23NO2S/c1-12-6-3-4-7-14(12)10-13(2)16-11-15-8-5-9-19(15,17)18/h3-4,6-7,13,15-16H,5,8-11H2,1-2H3. The number of nitrogens with one attached hydrogen (secondary N) is 1. The number of hydrogen-bond donors (Lipinski definition) is 1.